The highest BCUT2D eigenvalue weighted by Gasteiger charge is 2.25. The van der Waals surface area contributed by atoms with E-state index >= 15 is 0 Å². The van der Waals surface area contributed by atoms with Crippen molar-refractivity contribution in [2.45, 2.75) is 45.2 Å². The van der Waals surface area contributed by atoms with Crippen LogP contribution in [-0.4, -0.2) is 21.2 Å². The second kappa shape index (κ2) is 4.65. The first-order valence-corrected chi connectivity index (χ1v) is 5.44. The van der Waals surface area contributed by atoms with Crippen molar-refractivity contribution in [2.24, 2.45) is 11.5 Å². The second-order valence-electron chi connectivity index (χ2n) is 4.72. The van der Waals surface area contributed by atoms with Crippen molar-refractivity contribution in [1.29, 1.82) is 0 Å². The highest BCUT2D eigenvalue weighted by molar-refractivity contribution is 5.83. The molecule has 0 aliphatic rings. The van der Waals surface area contributed by atoms with Gasteiger partial charge in [-0.15, -0.1) is 0 Å². The first-order chi connectivity index (χ1) is 7.33. The van der Waals surface area contributed by atoms with E-state index in [0.29, 0.717) is 18.9 Å². The average Bonchev–Trinajstić information content (AvgIpc) is 2.63. The molecule has 0 bridgehead atoms. The quantitative estimate of drug-likeness (QED) is 0.767. The Bertz CT molecular complexity index is 368. The topological polar surface area (TPSA) is 86.9 Å². The lowest BCUT2D eigenvalue weighted by Crippen LogP contribution is -2.49. The molecule has 5 nitrogen and oxygen atoms in total. The van der Waals surface area contributed by atoms with Crippen LogP contribution >= 0.6 is 0 Å². The lowest BCUT2D eigenvalue weighted by molar-refractivity contribution is -0.122. The van der Waals surface area contributed by atoms with E-state index in [1.54, 1.807) is 11.6 Å². The molecule has 0 fully saturated rings. The predicted molar refractivity (Wildman–Crippen MR) is 62.7 cm³/mol. The maximum Gasteiger partial charge on any atom is 0.237 e. The number of amides is 1. The van der Waals surface area contributed by atoms with Crippen molar-refractivity contribution >= 4 is 5.91 Å². The monoisotopic (exact) mass is 224 g/mol. The van der Waals surface area contributed by atoms with Gasteiger partial charge in [0.15, 0.2) is 0 Å². The summed E-state index contributed by atoms with van der Waals surface area (Å²) in [5.41, 5.74) is 11.2. The molecule has 5 heteroatoms. The Morgan fingerprint density at radius 2 is 2.25 bits per heavy atom. The highest BCUT2D eigenvalue weighted by Crippen LogP contribution is 2.13. The van der Waals surface area contributed by atoms with Crippen LogP contribution in [0.4, 0.5) is 0 Å². The number of aryl methyl sites for hydroxylation is 1. The molecule has 1 unspecified atom stereocenters. The largest absolute Gasteiger partial charge is 0.368 e. The molecule has 0 saturated carbocycles. The van der Waals surface area contributed by atoms with Gasteiger partial charge in [-0.05, 0) is 24.8 Å². The molecule has 90 valence electrons. The molecule has 0 aromatic carbocycles. The summed E-state index contributed by atoms with van der Waals surface area (Å²) in [6, 6.07) is 0. The summed E-state index contributed by atoms with van der Waals surface area (Å²) in [7, 11) is 0. The third-order valence-electron chi connectivity index (χ3n) is 2.74. The lowest BCUT2D eigenvalue weighted by Gasteiger charge is -2.19. The van der Waals surface area contributed by atoms with E-state index in [-0.39, 0.29) is 0 Å². The van der Waals surface area contributed by atoms with Crippen LogP contribution in [-0.2, 0) is 11.3 Å². The summed E-state index contributed by atoms with van der Waals surface area (Å²) in [6.45, 7) is 6.46. The van der Waals surface area contributed by atoms with E-state index in [9.17, 15) is 4.79 Å². The first-order valence-electron chi connectivity index (χ1n) is 5.44. The molecule has 0 spiro atoms. The third kappa shape index (κ3) is 3.06. The molecular weight excluding hydrogens is 204 g/mol. The first kappa shape index (κ1) is 12.7. The standard InChI is InChI=1S/C11H20N4O/c1-8(2)9-6-14-15(7-9)5-4-11(3,13)10(12)16/h6-8H,4-5,13H2,1-3H3,(H2,12,16). The maximum absolute atomic E-state index is 11.0. The van der Waals surface area contributed by atoms with Gasteiger partial charge in [0.2, 0.25) is 5.91 Å². The van der Waals surface area contributed by atoms with Crippen LogP contribution in [0.25, 0.3) is 0 Å². The van der Waals surface area contributed by atoms with Gasteiger partial charge in [-0.25, -0.2) is 0 Å². The number of primary amides is 1. The van der Waals surface area contributed by atoms with Crippen LogP contribution in [0.3, 0.4) is 0 Å². The number of nitrogens with zero attached hydrogens (tertiary/aromatic N) is 2. The van der Waals surface area contributed by atoms with Crippen molar-refractivity contribution in [3.05, 3.63) is 18.0 Å². The van der Waals surface area contributed by atoms with Gasteiger partial charge < -0.3 is 11.5 Å². The Morgan fingerprint density at radius 3 is 2.69 bits per heavy atom. The Balaban J connectivity index is 2.58. The highest BCUT2D eigenvalue weighted by atomic mass is 16.1. The van der Waals surface area contributed by atoms with E-state index in [0.717, 1.165) is 0 Å². The van der Waals surface area contributed by atoms with Crippen molar-refractivity contribution in [1.82, 2.24) is 9.78 Å². The Labute approximate surface area is 95.8 Å². The molecular formula is C11H20N4O. The SMILES string of the molecule is CC(C)c1cnn(CCC(C)(N)C(N)=O)c1. The fraction of sp³-hybridized carbons (Fsp3) is 0.636. The van der Waals surface area contributed by atoms with E-state index in [1.807, 2.05) is 12.4 Å². The van der Waals surface area contributed by atoms with Gasteiger partial charge in [-0.2, -0.15) is 5.10 Å². The number of rotatable bonds is 5. The van der Waals surface area contributed by atoms with E-state index in [1.165, 1.54) is 5.56 Å². The second-order valence-corrected chi connectivity index (χ2v) is 4.72. The molecule has 0 radical (unpaired) electrons. The van der Waals surface area contributed by atoms with Gasteiger partial charge in [0, 0.05) is 12.7 Å². The van der Waals surface area contributed by atoms with Crippen molar-refractivity contribution in [3.8, 4) is 0 Å². The summed E-state index contributed by atoms with van der Waals surface area (Å²) < 4.78 is 1.80. The average molecular weight is 224 g/mol. The van der Waals surface area contributed by atoms with Gasteiger partial charge >= 0.3 is 0 Å². The van der Waals surface area contributed by atoms with Crippen molar-refractivity contribution in [2.75, 3.05) is 0 Å². The minimum absolute atomic E-state index is 0.453. The van der Waals surface area contributed by atoms with Crippen LogP contribution < -0.4 is 11.5 Å². The van der Waals surface area contributed by atoms with Crippen LogP contribution in [0, 0.1) is 0 Å². The summed E-state index contributed by atoms with van der Waals surface area (Å²) in [6.07, 6.45) is 4.30. The van der Waals surface area contributed by atoms with Crippen molar-refractivity contribution < 1.29 is 4.79 Å². The molecule has 1 atom stereocenters. The summed E-state index contributed by atoms with van der Waals surface area (Å²) in [5.74, 6) is -0.0297. The number of hydrogen-bond donors (Lipinski definition) is 2. The van der Waals surface area contributed by atoms with Crippen LogP contribution in [0.5, 0.6) is 0 Å². The van der Waals surface area contributed by atoms with Gasteiger partial charge in [0.1, 0.15) is 0 Å². The third-order valence-corrected chi connectivity index (χ3v) is 2.74. The molecule has 16 heavy (non-hydrogen) atoms. The maximum atomic E-state index is 11.0. The molecule has 0 saturated heterocycles. The van der Waals surface area contributed by atoms with E-state index in [2.05, 4.69) is 18.9 Å². The van der Waals surface area contributed by atoms with Gasteiger partial charge in [-0.1, -0.05) is 13.8 Å². The van der Waals surface area contributed by atoms with Crippen molar-refractivity contribution in [3.63, 3.8) is 0 Å². The van der Waals surface area contributed by atoms with Crippen LogP contribution in [0.1, 0.15) is 38.7 Å². The van der Waals surface area contributed by atoms with Crippen LogP contribution in [0.15, 0.2) is 12.4 Å². The minimum atomic E-state index is -0.968. The number of hydrogen-bond acceptors (Lipinski definition) is 3. The zero-order valence-corrected chi connectivity index (χ0v) is 10.1. The summed E-state index contributed by atoms with van der Waals surface area (Å²) >= 11 is 0. The Hall–Kier alpha value is -1.36. The van der Waals surface area contributed by atoms with Gasteiger partial charge in [0.25, 0.3) is 0 Å². The van der Waals surface area contributed by atoms with E-state index in [4.69, 9.17) is 11.5 Å². The Kier molecular flexibility index (Phi) is 3.70. The molecule has 1 amide bonds. The molecule has 0 aliphatic heterocycles. The number of aromatic nitrogens is 2. The number of carbonyl (C=O) groups is 1. The predicted octanol–water partition coefficient (Wildman–Crippen LogP) is 0.599. The minimum Gasteiger partial charge on any atom is -0.368 e. The lowest BCUT2D eigenvalue weighted by atomic mass is 9.99. The van der Waals surface area contributed by atoms with Gasteiger partial charge in [0.05, 0.1) is 11.7 Å². The summed E-state index contributed by atoms with van der Waals surface area (Å²) in [5, 5.41) is 4.21. The van der Waals surface area contributed by atoms with E-state index < -0.39 is 11.4 Å². The molecule has 4 N–H and O–H groups in total. The molecule has 1 rings (SSSR count). The molecule has 1 aromatic heterocycles. The molecule has 0 aliphatic carbocycles. The fourth-order valence-corrected chi connectivity index (χ4v) is 1.27. The van der Waals surface area contributed by atoms with Gasteiger partial charge in [-0.3, -0.25) is 9.48 Å². The molecule has 1 aromatic rings. The summed E-state index contributed by atoms with van der Waals surface area (Å²) in [4.78, 5) is 11.0. The number of nitrogens with two attached hydrogens (primary N) is 2. The smallest absolute Gasteiger partial charge is 0.237 e. The number of carbonyl (C=O) groups excluding carboxylic acids is 1. The normalized spacial score (nSPS) is 15.1. The molecule has 1 heterocycles. The fourth-order valence-electron chi connectivity index (χ4n) is 1.27. The zero-order valence-electron chi connectivity index (χ0n) is 10.1. The zero-order chi connectivity index (χ0) is 12.3. The van der Waals surface area contributed by atoms with Crippen LogP contribution in [0.2, 0.25) is 0 Å². The Morgan fingerprint density at radius 1 is 1.62 bits per heavy atom.